The molecule has 3 aromatic carbocycles. The number of anilines is 1. The molecule has 7 nitrogen and oxygen atoms in total. The van der Waals surface area contributed by atoms with E-state index < -0.39 is 35.4 Å². The summed E-state index contributed by atoms with van der Waals surface area (Å²) >= 11 is 0. The molecule has 3 N–H and O–H groups in total. The van der Waals surface area contributed by atoms with Crippen LogP contribution in [0, 0.1) is 5.82 Å². The van der Waals surface area contributed by atoms with E-state index in [1.165, 1.54) is 6.92 Å². The van der Waals surface area contributed by atoms with Crippen molar-refractivity contribution in [3.8, 4) is 11.1 Å². The number of aromatic carboxylic acids is 1. The first-order valence-corrected chi connectivity index (χ1v) is 10.3. The Kier molecular flexibility index (Phi) is 6.08. The summed E-state index contributed by atoms with van der Waals surface area (Å²) in [5.74, 6) is -2.92. The summed E-state index contributed by atoms with van der Waals surface area (Å²) in [6.45, 7) is 1.52. The summed E-state index contributed by atoms with van der Waals surface area (Å²) in [4.78, 5) is 36.1. The molecule has 0 aromatic heterocycles. The molecule has 1 atom stereocenters. The minimum Gasteiger partial charge on any atom is -0.478 e. The van der Waals surface area contributed by atoms with E-state index in [4.69, 9.17) is 4.74 Å². The third-order valence-corrected chi connectivity index (χ3v) is 5.54. The predicted octanol–water partition coefficient (Wildman–Crippen LogP) is 4.39. The van der Waals surface area contributed by atoms with Crippen molar-refractivity contribution in [2.24, 2.45) is 0 Å². The van der Waals surface area contributed by atoms with Crippen molar-refractivity contribution >= 4 is 23.7 Å². The second-order valence-corrected chi connectivity index (χ2v) is 7.68. The van der Waals surface area contributed by atoms with E-state index in [-0.39, 0.29) is 18.2 Å². The van der Waals surface area contributed by atoms with Gasteiger partial charge in [0.2, 0.25) is 5.91 Å². The van der Waals surface area contributed by atoms with Crippen LogP contribution in [0.5, 0.6) is 0 Å². The summed E-state index contributed by atoms with van der Waals surface area (Å²) in [5.41, 5.74) is 3.86. The first-order chi connectivity index (χ1) is 15.8. The number of halogens is 1. The highest BCUT2D eigenvalue weighted by Crippen LogP contribution is 2.44. The number of benzene rings is 3. The Labute approximate surface area is 189 Å². The number of nitrogens with one attached hydrogen (secondary N) is 2. The number of alkyl carbamates (subject to hydrolysis) is 1. The smallest absolute Gasteiger partial charge is 0.407 e. The Balaban J connectivity index is 1.38. The van der Waals surface area contributed by atoms with Gasteiger partial charge in [0.25, 0.3) is 0 Å². The van der Waals surface area contributed by atoms with Crippen LogP contribution in [-0.4, -0.2) is 35.7 Å². The quantitative estimate of drug-likeness (QED) is 0.519. The van der Waals surface area contributed by atoms with E-state index >= 15 is 0 Å². The van der Waals surface area contributed by atoms with E-state index in [9.17, 15) is 23.9 Å². The second-order valence-electron chi connectivity index (χ2n) is 7.68. The molecule has 4 rings (SSSR count). The van der Waals surface area contributed by atoms with Gasteiger partial charge in [0, 0.05) is 5.92 Å². The fourth-order valence-electron chi connectivity index (χ4n) is 3.93. The van der Waals surface area contributed by atoms with Crippen molar-refractivity contribution in [1.82, 2.24) is 5.32 Å². The second kappa shape index (κ2) is 9.12. The number of carboxylic acid groups (broad SMARTS) is 1. The number of amides is 2. The van der Waals surface area contributed by atoms with Crippen molar-refractivity contribution in [2.45, 2.75) is 18.9 Å². The molecule has 0 unspecified atom stereocenters. The molecule has 1 aliphatic rings. The maximum atomic E-state index is 13.3. The summed E-state index contributed by atoms with van der Waals surface area (Å²) in [5, 5.41) is 14.0. The molecule has 0 saturated carbocycles. The average Bonchev–Trinajstić information content (AvgIpc) is 3.12. The van der Waals surface area contributed by atoms with Gasteiger partial charge in [0.1, 0.15) is 18.5 Å². The van der Waals surface area contributed by atoms with Gasteiger partial charge < -0.3 is 20.5 Å². The van der Waals surface area contributed by atoms with Crippen molar-refractivity contribution < 1.29 is 28.6 Å². The Hall–Kier alpha value is -4.20. The minimum absolute atomic E-state index is 0.0740. The molecular formula is C25H21FN2O5. The Morgan fingerprint density at radius 3 is 2.21 bits per heavy atom. The molecule has 33 heavy (non-hydrogen) atoms. The molecule has 2 amide bonds. The predicted molar refractivity (Wildman–Crippen MR) is 120 cm³/mol. The van der Waals surface area contributed by atoms with Gasteiger partial charge in [-0.05, 0) is 47.4 Å². The number of carbonyl (C=O) groups excluding carboxylic acids is 2. The van der Waals surface area contributed by atoms with E-state index in [1.54, 1.807) is 0 Å². The largest absolute Gasteiger partial charge is 0.478 e. The highest BCUT2D eigenvalue weighted by molar-refractivity contribution is 6.02. The minimum atomic E-state index is -1.39. The van der Waals surface area contributed by atoms with Crippen molar-refractivity contribution in [3.63, 3.8) is 0 Å². The van der Waals surface area contributed by atoms with E-state index in [0.717, 1.165) is 40.5 Å². The van der Waals surface area contributed by atoms with Crippen LogP contribution in [0.2, 0.25) is 0 Å². The zero-order chi connectivity index (χ0) is 23.5. The maximum Gasteiger partial charge on any atom is 0.407 e. The van der Waals surface area contributed by atoms with Crippen molar-refractivity contribution in [3.05, 3.63) is 89.2 Å². The summed E-state index contributed by atoms with van der Waals surface area (Å²) in [6.07, 6.45) is -0.780. The van der Waals surface area contributed by atoms with Gasteiger partial charge in [0.05, 0.1) is 11.3 Å². The van der Waals surface area contributed by atoms with Gasteiger partial charge in [-0.2, -0.15) is 0 Å². The number of hydrogen-bond donors (Lipinski definition) is 3. The number of rotatable bonds is 6. The molecule has 0 bridgehead atoms. The van der Waals surface area contributed by atoms with Crippen LogP contribution in [0.25, 0.3) is 11.1 Å². The zero-order valence-corrected chi connectivity index (χ0v) is 17.7. The highest BCUT2D eigenvalue weighted by Gasteiger charge is 2.29. The van der Waals surface area contributed by atoms with Crippen molar-refractivity contribution in [2.75, 3.05) is 11.9 Å². The standard InChI is InChI=1S/C25H21FN2O5/c1-14(23(29)28-22-11-10-15(26)12-20(22)24(30)31)27-25(32)33-13-21-18-8-4-2-6-16(18)17-7-3-5-9-19(17)21/h2-12,14,21H,13H2,1H3,(H,27,32)(H,28,29)(H,30,31)/t14-/m0/s1. The third kappa shape index (κ3) is 4.55. The molecule has 0 spiro atoms. The molecule has 0 saturated heterocycles. The van der Waals surface area contributed by atoms with Crippen LogP contribution in [0.4, 0.5) is 14.9 Å². The molecule has 0 heterocycles. The lowest BCUT2D eigenvalue weighted by molar-refractivity contribution is -0.117. The average molecular weight is 448 g/mol. The van der Waals surface area contributed by atoms with Crippen LogP contribution in [-0.2, 0) is 9.53 Å². The topological polar surface area (TPSA) is 105 Å². The van der Waals surface area contributed by atoms with E-state index in [0.29, 0.717) is 0 Å². The van der Waals surface area contributed by atoms with Gasteiger partial charge in [0.15, 0.2) is 0 Å². The monoisotopic (exact) mass is 448 g/mol. The number of hydrogen-bond acceptors (Lipinski definition) is 4. The van der Waals surface area contributed by atoms with Crippen LogP contribution in [0.3, 0.4) is 0 Å². The Morgan fingerprint density at radius 1 is 1.00 bits per heavy atom. The van der Waals surface area contributed by atoms with Crippen LogP contribution in [0.15, 0.2) is 66.7 Å². The van der Waals surface area contributed by atoms with E-state index in [2.05, 4.69) is 10.6 Å². The van der Waals surface area contributed by atoms with Gasteiger partial charge in [-0.3, -0.25) is 4.79 Å². The van der Waals surface area contributed by atoms with Gasteiger partial charge in [-0.25, -0.2) is 14.0 Å². The van der Waals surface area contributed by atoms with Crippen LogP contribution < -0.4 is 10.6 Å². The van der Waals surface area contributed by atoms with Crippen molar-refractivity contribution in [1.29, 1.82) is 0 Å². The highest BCUT2D eigenvalue weighted by atomic mass is 19.1. The SMILES string of the molecule is C[C@H](NC(=O)OCC1c2ccccc2-c2ccccc21)C(=O)Nc1ccc(F)cc1C(=O)O. The number of fused-ring (bicyclic) bond motifs is 3. The first kappa shape index (κ1) is 22.0. The number of carbonyl (C=O) groups is 3. The lowest BCUT2D eigenvalue weighted by Crippen LogP contribution is -2.42. The van der Waals surface area contributed by atoms with Crippen LogP contribution >= 0.6 is 0 Å². The summed E-state index contributed by atoms with van der Waals surface area (Å²) < 4.78 is 18.7. The molecule has 168 valence electrons. The molecule has 3 aromatic rings. The molecule has 0 fully saturated rings. The molecule has 0 radical (unpaired) electrons. The maximum absolute atomic E-state index is 13.3. The number of carboxylic acids is 1. The van der Waals surface area contributed by atoms with Gasteiger partial charge in [-0.1, -0.05) is 48.5 Å². The summed E-state index contributed by atoms with van der Waals surface area (Å²) in [7, 11) is 0. The fraction of sp³-hybridized carbons (Fsp3) is 0.160. The lowest BCUT2D eigenvalue weighted by Gasteiger charge is -2.17. The van der Waals surface area contributed by atoms with E-state index in [1.807, 2.05) is 48.5 Å². The molecule has 8 heteroatoms. The Bertz CT molecular complexity index is 1200. The first-order valence-electron chi connectivity index (χ1n) is 10.3. The third-order valence-electron chi connectivity index (χ3n) is 5.54. The molecule has 0 aliphatic heterocycles. The molecular weight excluding hydrogens is 427 g/mol. The number of ether oxygens (including phenoxy) is 1. The molecule has 1 aliphatic carbocycles. The van der Waals surface area contributed by atoms with Gasteiger partial charge in [-0.15, -0.1) is 0 Å². The lowest BCUT2D eigenvalue weighted by atomic mass is 9.98. The summed E-state index contributed by atoms with van der Waals surface area (Å²) in [6, 6.07) is 17.8. The Morgan fingerprint density at radius 2 is 1.61 bits per heavy atom. The fourth-order valence-corrected chi connectivity index (χ4v) is 3.93. The normalized spacial score (nSPS) is 12.9. The van der Waals surface area contributed by atoms with Gasteiger partial charge >= 0.3 is 12.1 Å². The zero-order valence-electron chi connectivity index (χ0n) is 17.7. The van der Waals surface area contributed by atoms with Crippen LogP contribution in [0.1, 0.15) is 34.3 Å².